The third kappa shape index (κ3) is 3.82. The van der Waals surface area contributed by atoms with Crippen LogP contribution in [0.1, 0.15) is 28.8 Å². The predicted octanol–water partition coefficient (Wildman–Crippen LogP) is 4.11. The molecule has 0 aliphatic carbocycles. The summed E-state index contributed by atoms with van der Waals surface area (Å²) in [5.41, 5.74) is 1.38. The Hall–Kier alpha value is -2.55. The first-order chi connectivity index (χ1) is 12.5. The lowest BCUT2D eigenvalue weighted by Gasteiger charge is -2.24. The number of amides is 2. The number of halogens is 2. The van der Waals surface area contributed by atoms with Crippen molar-refractivity contribution in [2.24, 2.45) is 0 Å². The first kappa shape index (κ1) is 18.2. The second-order valence-electron chi connectivity index (χ2n) is 5.96. The molecule has 1 atom stereocenters. The monoisotopic (exact) mass is 387 g/mol. The van der Waals surface area contributed by atoms with Gasteiger partial charge in [0.15, 0.2) is 0 Å². The first-order valence-electron chi connectivity index (χ1n) is 8.06. The van der Waals surface area contributed by atoms with Gasteiger partial charge in [-0.25, -0.2) is 0 Å². The van der Waals surface area contributed by atoms with Crippen LogP contribution in [0.3, 0.4) is 0 Å². The van der Waals surface area contributed by atoms with E-state index in [0.717, 1.165) is 6.42 Å². The molecular weight excluding hydrogens is 373 g/mol. The SMILES string of the molecule is N#Cc1ccc(NC(=O)C2CCCN2C(=O)c2cc(Cl)ccc2Cl)cc1. The molecule has 1 heterocycles. The van der Waals surface area contributed by atoms with E-state index in [-0.39, 0.29) is 17.4 Å². The molecule has 0 aromatic heterocycles. The average molecular weight is 388 g/mol. The lowest BCUT2D eigenvalue weighted by atomic mass is 10.1. The Morgan fingerprint density at radius 2 is 1.88 bits per heavy atom. The zero-order chi connectivity index (χ0) is 18.7. The van der Waals surface area contributed by atoms with E-state index in [0.29, 0.717) is 34.3 Å². The van der Waals surface area contributed by atoms with Crippen LogP contribution in [0.2, 0.25) is 10.0 Å². The summed E-state index contributed by atoms with van der Waals surface area (Å²) in [7, 11) is 0. The van der Waals surface area contributed by atoms with Crippen LogP contribution in [-0.4, -0.2) is 29.3 Å². The number of nitriles is 1. The molecule has 1 aliphatic rings. The predicted molar refractivity (Wildman–Crippen MR) is 100 cm³/mol. The highest BCUT2D eigenvalue weighted by Crippen LogP contribution is 2.27. The van der Waals surface area contributed by atoms with E-state index in [4.69, 9.17) is 28.5 Å². The minimum atomic E-state index is -0.576. The number of carbonyl (C=O) groups excluding carboxylic acids is 2. The van der Waals surface area contributed by atoms with E-state index < -0.39 is 6.04 Å². The molecule has 1 aliphatic heterocycles. The fourth-order valence-corrected chi connectivity index (χ4v) is 3.32. The Kier molecular flexibility index (Phi) is 5.46. The van der Waals surface area contributed by atoms with Crippen molar-refractivity contribution in [3.8, 4) is 6.07 Å². The summed E-state index contributed by atoms with van der Waals surface area (Å²) in [6.45, 7) is 0.479. The van der Waals surface area contributed by atoms with Crippen LogP contribution in [0, 0.1) is 11.3 Å². The quantitative estimate of drug-likeness (QED) is 0.860. The summed E-state index contributed by atoms with van der Waals surface area (Å²) in [6, 6.07) is 12.7. The number of rotatable bonds is 3. The van der Waals surface area contributed by atoms with Crippen molar-refractivity contribution >= 4 is 40.7 Å². The van der Waals surface area contributed by atoms with Crippen molar-refractivity contribution in [3.63, 3.8) is 0 Å². The Morgan fingerprint density at radius 1 is 1.15 bits per heavy atom. The van der Waals surface area contributed by atoms with E-state index in [1.165, 1.54) is 11.0 Å². The number of benzene rings is 2. The van der Waals surface area contributed by atoms with Crippen molar-refractivity contribution in [1.82, 2.24) is 4.90 Å². The van der Waals surface area contributed by atoms with Crippen LogP contribution in [-0.2, 0) is 4.79 Å². The van der Waals surface area contributed by atoms with Crippen molar-refractivity contribution in [1.29, 1.82) is 5.26 Å². The zero-order valence-corrected chi connectivity index (χ0v) is 15.2. The van der Waals surface area contributed by atoms with Gasteiger partial charge in [0, 0.05) is 17.3 Å². The molecule has 132 valence electrons. The minimum absolute atomic E-state index is 0.265. The first-order valence-corrected chi connectivity index (χ1v) is 8.82. The highest BCUT2D eigenvalue weighted by atomic mass is 35.5. The van der Waals surface area contributed by atoms with Crippen LogP contribution in [0.15, 0.2) is 42.5 Å². The van der Waals surface area contributed by atoms with Gasteiger partial charge < -0.3 is 10.2 Å². The smallest absolute Gasteiger partial charge is 0.256 e. The van der Waals surface area contributed by atoms with E-state index in [2.05, 4.69) is 5.32 Å². The maximum absolute atomic E-state index is 12.8. The second kappa shape index (κ2) is 7.77. The van der Waals surface area contributed by atoms with Gasteiger partial charge in [0.25, 0.3) is 5.91 Å². The molecule has 2 amide bonds. The normalized spacial score (nSPS) is 16.2. The molecule has 0 saturated carbocycles. The summed E-state index contributed by atoms with van der Waals surface area (Å²) in [4.78, 5) is 27.0. The molecule has 1 N–H and O–H groups in total. The number of likely N-dealkylation sites (tertiary alicyclic amines) is 1. The van der Waals surface area contributed by atoms with Crippen LogP contribution < -0.4 is 5.32 Å². The number of carbonyl (C=O) groups is 2. The Labute approximate surface area is 161 Å². The van der Waals surface area contributed by atoms with Gasteiger partial charge in [0.1, 0.15) is 6.04 Å². The summed E-state index contributed by atoms with van der Waals surface area (Å²) in [5.74, 6) is -0.575. The number of nitrogens with zero attached hydrogens (tertiary/aromatic N) is 2. The van der Waals surface area contributed by atoms with Crippen LogP contribution in [0.25, 0.3) is 0 Å². The lowest BCUT2D eigenvalue weighted by Crippen LogP contribution is -2.43. The van der Waals surface area contributed by atoms with Gasteiger partial charge in [-0.15, -0.1) is 0 Å². The molecule has 0 spiro atoms. The molecule has 2 aromatic carbocycles. The van der Waals surface area contributed by atoms with Gasteiger partial charge in [-0.2, -0.15) is 5.26 Å². The summed E-state index contributed by atoms with van der Waals surface area (Å²) >= 11 is 12.1. The Bertz CT molecular complexity index is 891. The van der Waals surface area contributed by atoms with Crippen molar-refractivity contribution in [2.75, 3.05) is 11.9 Å². The van der Waals surface area contributed by atoms with E-state index in [9.17, 15) is 9.59 Å². The maximum Gasteiger partial charge on any atom is 0.256 e. The standard InChI is InChI=1S/C19H15Cl2N3O2/c20-13-5-8-16(21)15(10-13)19(26)24-9-1-2-17(24)18(25)23-14-6-3-12(11-22)4-7-14/h3-8,10,17H,1-2,9H2,(H,23,25). The Balaban J connectivity index is 1.76. The molecule has 1 unspecified atom stereocenters. The maximum atomic E-state index is 12.8. The Morgan fingerprint density at radius 3 is 2.58 bits per heavy atom. The molecule has 1 fully saturated rings. The summed E-state index contributed by atoms with van der Waals surface area (Å²) in [5, 5.41) is 12.3. The zero-order valence-electron chi connectivity index (χ0n) is 13.7. The molecule has 0 radical (unpaired) electrons. The van der Waals surface area contributed by atoms with Crippen molar-refractivity contribution in [3.05, 3.63) is 63.6 Å². The highest BCUT2D eigenvalue weighted by molar-refractivity contribution is 6.35. The number of hydrogen-bond donors (Lipinski definition) is 1. The van der Waals surface area contributed by atoms with Gasteiger partial charge in [-0.05, 0) is 55.3 Å². The van der Waals surface area contributed by atoms with Crippen molar-refractivity contribution < 1.29 is 9.59 Å². The average Bonchev–Trinajstić information content (AvgIpc) is 3.13. The van der Waals surface area contributed by atoms with Crippen LogP contribution >= 0.6 is 23.2 Å². The molecule has 1 saturated heterocycles. The van der Waals surface area contributed by atoms with Crippen molar-refractivity contribution in [2.45, 2.75) is 18.9 Å². The van der Waals surface area contributed by atoms with Gasteiger partial charge in [0.2, 0.25) is 5.91 Å². The van der Waals surface area contributed by atoms with Gasteiger partial charge >= 0.3 is 0 Å². The third-order valence-corrected chi connectivity index (χ3v) is 4.82. The van der Waals surface area contributed by atoms with Gasteiger partial charge in [-0.1, -0.05) is 23.2 Å². The highest BCUT2D eigenvalue weighted by Gasteiger charge is 2.35. The minimum Gasteiger partial charge on any atom is -0.327 e. The fraction of sp³-hybridized carbons (Fsp3) is 0.211. The summed E-state index contributed by atoms with van der Waals surface area (Å²) < 4.78 is 0. The molecule has 7 heteroatoms. The largest absolute Gasteiger partial charge is 0.327 e. The van der Waals surface area contributed by atoms with Gasteiger partial charge in [-0.3, -0.25) is 9.59 Å². The van der Waals surface area contributed by atoms with Crippen LogP contribution in [0.5, 0.6) is 0 Å². The van der Waals surface area contributed by atoms with E-state index >= 15 is 0 Å². The molecule has 2 aromatic rings. The molecule has 3 rings (SSSR count). The molecule has 0 bridgehead atoms. The molecule has 5 nitrogen and oxygen atoms in total. The van der Waals surface area contributed by atoms with E-state index in [1.807, 2.05) is 6.07 Å². The topological polar surface area (TPSA) is 73.2 Å². The van der Waals surface area contributed by atoms with Gasteiger partial charge in [0.05, 0.1) is 22.2 Å². The number of nitrogens with one attached hydrogen (secondary N) is 1. The summed E-state index contributed by atoms with van der Waals surface area (Å²) in [6.07, 6.45) is 1.31. The van der Waals surface area contributed by atoms with E-state index in [1.54, 1.807) is 36.4 Å². The third-order valence-electron chi connectivity index (χ3n) is 4.26. The number of anilines is 1. The number of hydrogen-bond acceptors (Lipinski definition) is 3. The molecule has 26 heavy (non-hydrogen) atoms. The lowest BCUT2D eigenvalue weighted by molar-refractivity contribution is -0.119. The molecular formula is C19H15Cl2N3O2. The fourth-order valence-electron chi connectivity index (χ4n) is 2.95. The second-order valence-corrected chi connectivity index (χ2v) is 6.80. The van der Waals surface area contributed by atoms with Crippen LogP contribution in [0.4, 0.5) is 5.69 Å².